The molecular formula is C27H40N4O3. The number of carbonyl (C=O) groups excluding carboxylic acids is 1. The summed E-state index contributed by atoms with van der Waals surface area (Å²) in [5.74, 6) is 1.69. The van der Waals surface area contributed by atoms with Gasteiger partial charge in [-0.1, -0.05) is 37.2 Å². The van der Waals surface area contributed by atoms with Crippen molar-refractivity contribution >= 4 is 23.2 Å². The van der Waals surface area contributed by atoms with E-state index in [1.54, 1.807) is 6.92 Å². The monoisotopic (exact) mass is 468 g/mol. The zero-order valence-corrected chi connectivity index (χ0v) is 20.9. The SMILES string of the molecule is CCOC(=O)NCc1c(/C=N/O)c2ccccc2n1C1CCN(C2CCC(C(C)C)CC2)CC1. The number of aromatic nitrogens is 1. The number of hydrogen-bond donors (Lipinski definition) is 2. The van der Waals surface area contributed by atoms with Crippen LogP contribution in [0.25, 0.3) is 10.9 Å². The molecule has 186 valence electrons. The number of carbonyl (C=O) groups is 1. The van der Waals surface area contributed by atoms with Gasteiger partial charge in [-0.15, -0.1) is 0 Å². The van der Waals surface area contributed by atoms with Gasteiger partial charge in [0.2, 0.25) is 0 Å². The zero-order chi connectivity index (χ0) is 24.1. The maximum atomic E-state index is 12.0. The number of nitrogens with zero attached hydrogens (tertiary/aromatic N) is 3. The van der Waals surface area contributed by atoms with Gasteiger partial charge >= 0.3 is 6.09 Å². The van der Waals surface area contributed by atoms with Crippen LogP contribution in [0.15, 0.2) is 29.4 Å². The maximum Gasteiger partial charge on any atom is 0.407 e. The normalized spacial score (nSPS) is 22.6. The van der Waals surface area contributed by atoms with Crippen LogP contribution in [0.3, 0.4) is 0 Å². The van der Waals surface area contributed by atoms with Crippen molar-refractivity contribution < 1.29 is 14.7 Å². The molecule has 1 saturated heterocycles. The first-order chi connectivity index (χ1) is 16.5. The molecule has 34 heavy (non-hydrogen) atoms. The molecule has 4 rings (SSSR count). The molecule has 1 aromatic heterocycles. The molecule has 0 bridgehead atoms. The first-order valence-corrected chi connectivity index (χ1v) is 13.0. The largest absolute Gasteiger partial charge is 0.450 e. The number of piperidine rings is 1. The number of alkyl carbamates (subject to hydrolysis) is 1. The Labute approximate surface area is 203 Å². The first kappa shape index (κ1) is 24.6. The molecule has 2 aromatic rings. The minimum Gasteiger partial charge on any atom is -0.450 e. The second-order valence-electron chi connectivity index (χ2n) is 10.1. The van der Waals surface area contributed by atoms with E-state index in [1.807, 2.05) is 12.1 Å². The molecule has 2 aliphatic rings. The molecule has 2 heterocycles. The average Bonchev–Trinajstić information content (AvgIpc) is 3.16. The number of likely N-dealkylation sites (tertiary alicyclic amines) is 1. The molecule has 0 spiro atoms. The quantitative estimate of drug-likeness (QED) is 0.317. The fourth-order valence-corrected chi connectivity index (χ4v) is 6.12. The Bertz CT molecular complexity index is 983. The topological polar surface area (TPSA) is 79.1 Å². The highest BCUT2D eigenvalue weighted by atomic mass is 16.5. The van der Waals surface area contributed by atoms with Crippen molar-refractivity contribution in [1.82, 2.24) is 14.8 Å². The van der Waals surface area contributed by atoms with Crippen LogP contribution in [0, 0.1) is 11.8 Å². The number of hydrogen-bond acceptors (Lipinski definition) is 5. The van der Waals surface area contributed by atoms with Crippen LogP contribution in [0.2, 0.25) is 0 Å². The van der Waals surface area contributed by atoms with Crippen LogP contribution in [-0.2, 0) is 11.3 Å². The van der Waals surface area contributed by atoms with Gasteiger partial charge in [-0.3, -0.25) is 0 Å². The second-order valence-corrected chi connectivity index (χ2v) is 10.1. The third kappa shape index (κ3) is 5.24. The van der Waals surface area contributed by atoms with Gasteiger partial charge in [-0.05, 0) is 63.4 Å². The number of rotatable bonds is 7. The highest BCUT2D eigenvalue weighted by Gasteiger charge is 2.31. The van der Waals surface area contributed by atoms with Crippen LogP contribution >= 0.6 is 0 Å². The van der Waals surface area contributed by atoms with E-state index in [1.165, 1.54) is 31.9 Å². The minimum absolute atomic E-state index is 0.328. The predicted octanol–water partition coefficient (Wildman–Crippen LogP) is 5.55. The van der Waals surface area contributed by atoms with Gasteiger partial charge in [0.05, 0.1) is 19.4 Å². The Morgan fingerprint density at radius 1 is 1.15 bits per heavy atom. The molecule has 1 aromatic carbocycles. The number of nitrogens with one attached hydrogen (secondary N) is 1. The summed E-state index contributed by atoms with van der Waals surface area (Å²) in [6.45, 7) is 9.38. The smallest absolute Gasteiger partial charge is 0.407 e. The summed E-state index contributed by atoms with van der Waals surface area (Å²) < 4.78 is 7.44. The predicted molar refractivity (Wildman–Crippen MR) is 136 cm³/mol. The van der Waals surface area contributed by atoms with E-state index in [0.29, 0.717) is 19.2 Å². The van der Waals surface area contributed by atoms with Crippen LogP contribution in [0.4, 0.5) is 4.79 Å². The summed E-state index contributed by atoms with van der Waals surface area (Å²) in [6.07, 6.45) is 8.57. The third-order valence-corrected chi connectivity index (χ3v) is 7.98. The molecule has 0 radical (unpaired) electrons. The van der Waals surface area contributed by atoms with E-state index in [2.05, 4.69) is 45.9 Å². The second kappa shape index (κ2) is 11.3. The molecule has 1 aliphatic heterocycles. The number of benzene rings is 1. The lowest BCUT2D eigenvalue weighted by Crippen LogP contribution is -2.44. The molecule has 0 atom stereocenters. The Hall–Kier alpha value is -2.54. The Morgan fingerprint density at radius 3 is 2.50 bits per heavy atom. The van der Waals surface area contributed by atoms with Crippen LogP contribution in [0.5, 0.6) is 0 Å². The fourth-order valence-electron chi connectivity index (χ4n) is 6.12. The summed E-state index contributed by atoms with van der Waals surface area (Å²) in [5, 5.41) is 16.6. The molecule has 1 amide bonds. The van der Waals surface area contributed by atoms with Gasteiger partial charge in [-0.2, -0.15) is 0 Å². The maximum absolute atomic E-state index is 12.0. The lowest BCUT2D eigenvalue weighted by molar-refractivity contribution is 0.0888. The van der Waals surface area contributed by atoms with Crippen LogP contribution in [-0.4, -0.2) is 52.7 Å². The molecule has 0 unspecified atom stereocenters. The van der Waals surface area contributed by atoms with E-state index >= 15 is 0 Å². The number of para-hydroxylation sites is 1. The first-order valence-electron chi connectivity index (χ1n) is 13.0. The number of fused-ring (bicyclic) bond motifs is 1. The van der Waals surface area contributed by atoms with Crippen LogP contribution in [0.1, 0.15) is 76.6 Å². The van der Waals surface area contributed by atoms with E-state index in [-0.39, 0.29) is 0 Å². The lowest BCUT2D eigenvalue weighted by Gasteiger charge is -2.42. The van der Waals surface area contributed by atoms with Gasteiger partial charge in [0.15, 0.2) is 0 Å². The number of ether oxygens (including phenoxy) is 1. The molecule has 1 saturated carbocycles. The molecular weight excluding hydrogens is 428 g/mol. The number of oxime groups is 1. The zero-order valence-electron chi connectivity index (χ0n) is 20.9. The Kier molecular flexibility index (Phi) is 8.14. The number of amides is 1. The van der Waals surface area contributed by atoms with Gasteiger partial charge in [0.25, 0.3) is 0 Å². The van der Waals surface area contributed by atoms with Crippen molar-refractivity contribution in [2.24, 2.45) is 17.0 Å². The molecule has 2 fully saturated rings. The fraction of sp³-hybridized carbons (Fsp3) is 0.630. The van der Waals surface area contributed by atoms with E-state index in [9.17, 15) is 10.0 Å². The van der Waals surface area contributed by atoms with Crippen molar-refractivity contribution in [2.45, 2.75) is 77.9 Å². The van der Waals surface area contributed by atoms with Gasteiger partial charge in [0.1, 0.15) is 0 Å². The van der Waals surface area contributed by atoms with Gasteiger partial charge in [-0.25, -0.2) is 4.79 Å². The van der Waals surface area contributed by atoms with Crippen LogP contribution < -0.4 is 5.32 Å². The van der Waals surface area contributed by atoms with Crippen molar-refractivity contribution in [3.63, 3.8) is 0 Å². The van der Waals surface area contributed by atoms with Crippen molar-refractivity contribution in [2.75, 3.05) is 19.7 Å². The third-order valence-electron chi connectivity index (χ3n) is 7.98. The van der Waals surface area contributed by atoms with Crippen molar-refractivity contribution in [1.29, 1.82) is 0 Å². The van der Waals surface area contributed by atoms with E-state index < -0.39 is 6.09 Å². The standard InChI is InChI=1S/C27H40N4O3/c1-4-34-27(32)28-18-26-24(17-29-33)23-7-5-6-8-25(23)31(26)22-13-15-30(16-14-22)21-11-9-20(10-12-21)19(2)3/h5-8,17,19-22,33H,4,9-16,18H2,1-3H3,(H,28,32)/b29-17+. The summed E-state index contributed by atoms with van der Waals surface area (Å²) in [5.41, 5.74) is 2.93. The van der Waals surface area contributed by atoms with Gasteiger partial charge in [0, 0.05) is 47.3 Å². The molecule has 7 nitrogen and oxygen atoms in total. The molecule has 2 N–H and O–H groups in total. The highest BCUT2D eigenvalue weighted by Crippen LogP contribution is 2.37. The van der Waals surface area contributed by atoms with E-state index in [0.717, 1.165) is 66.0 Å². The summed E-state index contributed by atoms with van der Waals surface area (Å²) >= 11 is 0. The molecule has 1 aliphatic carbocycles. The lowest BCUT2D eigenvalue weighted by atomic mass is 9.79. The van der Waals surface area contributed by atoms with Gasteiger partial charge < -0.3 is 24.7 Å². The highest BCUT2D eigenvalue weighted by molar-refractivity contribution is 6.01. The average molecular weight is 469 g/mol. The van der Waals surface area contributed by atoms with E-state index in [4.69, 9.17) is 4.74 Å². The Balaban J connectivity index is 1.53. The summed E-state index contributed by atoms with van der Waals surface area (Å²) in [4.78, 5) is 14.8. The van der Waals surface area contributed by atoms with Crippen molar-refractivity contribution in [3.8, 4) is 0 Å². The Morgan fingerprint density at radius 2 is 1.85 bits per heavy atom. The summed E-state index contributed by atoms with van der Waals surface area (Å²) in [7, 11) is 0. The summed E-state index contributed by atoms with van der Waals surface area (Å²) in [6, 6.07) is 9.28. The van der Waals surface area contributed by atoms with Crippen molar-refractivity contribution in [3.05, 3.63) is 35.5 Å². The minimum atomic E-state index is -0.432. The molecule has 7 heteroatoms.